The first kappa shape index (κ1) is 20.5. The number of anilines is 2. The lowest BCUT2D eigenvalue weighted by atomic mass is 9.96. The van der Waals surface area contributed by atoms with Crippen LogP contribution in [-0.2, 0) is 11.2 Å². The first-order valence-corrected chi connectivity index (χ1v) is 11.3. The molecule has 1 saturated heterocycles. The van der Waals surface area contributed by atoms with Crippen molar-refractivity contribution >= 4 is 33.0 Å². The molecule has 0 bridgehead atoms. The van der Waals surface area contributed by atoms with E-state index in [4.69, 9.17) is 0 Å². The fourth-order valence-electron chi connectivity index (χ4n) is 3.88. The molecule has 1 aliphatic rings. The molecule has 1 amide bonds. The molecule has 3 aromatic rings. The number of nitrogens with one attached hydrogen (secondary N) is 1. The van der Waals surface area contributed by atoms with Crippen molar-refractivity contribution in [3.63, 3.8) is 0 Å². The number of amides is 1. The van der Waals surface area contributed by atoms with Gasteiger partial charge in [-0.25, -0.2) is 4.98 Å². The van der Waals surface area contributed by atoms with Crippen molar-refractivity contribution in [3.05, 3.63) is 51.4 Å². The van der Waals surface area contributed by atoms with E-state index in [0.717, 1.165) is 60.8 Å². The van der Waals surface area contributed by atoms with Crippen molar-refractivity contribution in [2.45, 2.75) is 46.5 Å². The maximum absolute atomic E-state index is 12.7. The minimum Gasteiger partial charge on any atom is -0.347 e. The van der Waals surface area contributed by atoms with Crippen LogP contribution in [0.3, 0.4) is 0 Å². The van der Waals surface area contributed by atoms with E-state index in [1.165, 1.54) is 21.4 Å². The van der Waals surface area contributed by atoms with Gasteiger partial charge in [0.05, 0.1) is 0 Å². The van der Waals surface area contributed by atoms with Crippen LogP contribution in [0.25, 0.3) is 4.96 Å². The maximum Gasteiger partial charge on any atom is 0.275 e. The summed E-state index contributed by atoms with van der Waals surface area (Å²) >= 11 is 1.44. The Kier molecular flexibility index (Phi) is 5.85. The lowest BCUT2D eigenvalue weighted by Crippen LogP contribution is -2.38. The molecule has 4 rings (SSSR count). The Bertz CT molecular complexity index is 1130. The van der Waals surface area contributed by atoms with Gasteiger partial charge in [-0.2, -0.15) is 4.52 Å². The van der Waals surface area contributed by atoms with Crippen molar-refractivity contribution < 1.29 is 4.79 Å². The van der Waals surface area contributed by atoms with Gasteiger partial charge >= 0.3 is 0 Å². The molecule has 158 valence electrons. The summed E-state index contributed by atoms with van der Waals surface area (Å²) in [7, 11) is 0. The van der Waals surface area contributed by atoms with Crippen LogP contribution < -0.4 is 15.8 Å². The fraction of sp³-hybridized carbons (Fsp3) is 0.455. The number of hydrogen-bond acceptors (Lipinski definition) is 6. The summed E-state index contributed by atoms with van der Waals surface area (Å²) in [5.41, 5.74) is 3.83. The van der Waals surface area contributed by atoms with E-state index in [2.05, 4.69) is 33.3 Å². The van der Waals surface area contributed by atoms with Crippen molar-refractivity contribution in [2.75, 3.05) is 23.3 Å². The maximum atomic E-state index is 12.7. The van der Waals surface area contributed by atoms with E-state index in [1.54, 1.807) is 6.07 Å². The molecule has 30 heavy (non-hydrogen) atoms. The zero-order valence-electron chi connectivity index (χ0n) is 17.6. The zero-order chi connectivity index (χ0) is 21.3. The summed E-state index contributed by atoms with van der Waals surface area (Å²) < 4.78 is 1.39. The Morgan fingerprint density at radius 2 is 2.00 bits per heavy atom. The summed E-state index contributed by atoms with van der Waals surface area (Å²) in [5.74, 6) is 0.0568. The molecule has 2 aromatic heterocycles. The van der Waals surface area contributed by atoms with Gasteiger partial charge < -0.3 is 10.2 Å². The largest absolute Gasteiger partial charge is 0.347 e. The highest BCUT2D eigenvalue weighted by Crippen LogP contribution is 2.28. The number of nitrogens with zero attached hydrogens (tertiary/aromatic N) is 4. The second kappa shape index (κ2) is 8.55. The Morgan fingerprint density at radius 1 is 1.23 bits per heavy atom. The normalized spacial score (nSPS) is 15.0. The molecule has 8 heteroatoms. The summed E-state index contributed by atoms with van der Waals surface area (Å²) in [6.07, 6.45) is 3.26. The summed E-state index contributed by atoms with van der Waals surface area (Å²) in [5, 5.41) is 8.36. The van der Waals surface area contributed by atoms with Crippen LogP contribution in [0.15, 0.2) is 29.1 Å². The number of rotatable bonds is 5. The molecule has 0 atom stereocenters. The molecular weight excluding hydrogens is 398 g/mol. The number of aryl methyl sites for hydroxylation is 3. The molecule has 3 heterocycles. The topological polar surface area (TPSA) is 79.6 Å². The van der Waals surface area contributed by atoms with Gasteiger partial charge in [-0.15, -0.1) is 5.10 Å². The average Bonchev–Trinajstić information content (AvgIpc) is 3.15. The van der Waals surface area contributed by atoms with Gasteiger partial charge in [0.2, 0.25) is 16.0 Å². The Morgan fingerprint density at radius 3 is 2.70 bits per heavy atom. The van der Waals surface area contributed by atoms with Crippen LogP contribution in [-0.4, -0.2) is 33.6 Å². The number of aromatic nitrogens is 3. The van der Waals surface area contributed by atoms with Gasteiger partial charge in [-0.3, -0.25) is 9.59 Å². The van der Waals surface area contributed by atoms with Crippen LogP contribution in [0, 0.1) is 19.8 Å². The Balaban J connectivity index is 1.42. The minimum atomic E-state index is -0.131. The molecule has 0 spiro atoms. The molecule has 1 aromatic carbocycles. The molecule has 0 radical (unpaired) electrons. The van der Waals surface area contributed by atoms with Crippen LogP contribution in [0.4, 0.5) is 10.8 Å². The standard InChI is InChI=1S/C22H27N5O2S/c1-4-5-17-13-19(28)27-21(23-17)30-22(25-27)26-10-8-16(9-11-26)20(29)24-18-7-6-14(2)12-15(18)3/h6-7,12-13,16H,4-5,8-11H2,1-3H3,(H,24,29). The summed E-state index contributed by atoms with van der Waals surface area (Å²) in [6, 6.07) is 7.63. The SMILES string of the molecule is CCCc1cc(=O)n2nc(N3CCC(C(=O)Nc4ccc(C)cc4C)CC3)sc2n1. The Hall–Kier alpha value is -2.74. The molecule has 0 unspecified atom stereocenters. The van der Waals surface area contributed by atoms with E-state index in [0.29, 0.717) is 4.96 Å². The molecular formula is C22H27N5O2S. The first-order chi connectivity index (χ1) is 14.4. The van der Waals surface area contributed by atoms with Crippen molar-refractivity contribution in [1.82, 2.24) is 14.6 Å². The first-order valence-electron chi connectivity index (χ1n) is 10.5. The van der Waals surface area contributed by atoms with Crippen LogP contribution in [0.1, 0.15) is 43.0 Å². The summed E-state index contributed by atoms with van der Waals surface area (Å²) in [6.45, 7) is 7.61. The average molecular weight is 426 g/mol. The van der Waals surface area contributed by atoms with Gasteiger partial charge in [0.25, 0.3) is 5.56 Å². The smallest absolute Gasteiger partial charge is 0.275 e. The van der Waals surface area contributed by atoms with Crippen LogP contribution in [0.5, 0.6) is 0 Å². The zero-order valence-corrected chi connectivity index (χ0v) is 18.5. The number of benzene rings is 1. The molecule has 1 fully saturated rings. The molecule has 0 aliphatic carbocycles. The van der Waals surface area contributed by atoms with Gasteiger partial charge in [0.15, 0.2) is 0 Å². The van der Waals surface area contributed by atoms with E-state index in [1.807, 2.05) is 26.0 Å². The minimum absolute atomic E-state index is 0.0201. The molecule has 0 saturated carbocycles. The van der Waals surface area contributed by atoms with Crippen LogP contribution >= 0.6 is 11.3 Å². The third-order valence-electron chi connectivity index (χ3n) is 5.57. The second-order valence-electron chi connectivity index (χ2n) is 7.98. The van der Waals surface area contributed by atoms with Gasteiger partial charge in [0, 0.05) is 36.5 Å². The molecule has 1 N–H and O–H groups in total. The van der Waals surface area contributed by atoms with Gasteiger partial charge in [0.1, 0.15) is 0 Å². The predicted octanol–water partition coefficient (Wildman–Crippen LogP) is 3.58. The third kappa shape index (κ3) is 4.23. The van der Waals surface area contributed by atoms with E-state index >= 15 is 0 Å². The lowest BCUT2D eigenvalue weighted by Gasteiger charge is -2.30. The second-order valence-corrected chi connectivity index (χ2v) is 8.92. The molecule has 1 aliphatic heterocycles. The predicted molar refractivity (Wildman–Crippen MR) is 121 cm³/mol. The monoisotopic (exact) mass is 425 g/mol. The fourth-order valence-corrected chi connectivity index (χ4v) is 4.86. The van der Waals surface area contributed by atoms with Gasteiger partial charge in [-0.1, -0.05) is 42.4 Å². The van der Waals surface area contributed by atoms with Gasteiger partial charge in [-0.05, 0) is 44.7 Å². The highest BCUT2D eigenvalue weighted by Gasteiger charge is 2.27. The number of hydrogen-bond donors (Lipinski definition) is 1. The highest BCUT2D eigenvalue weighted by molar-refractivity contribution is 7.20. The highest BCUT2D eigenvalue weighted by atomic mass is 32.1. The van der Waals surface area contributed by atoms with Crippen molar-refractivity contribution in [1.29, 1.82) is 0 Å². The van der Waals surface area contributed by atoms with Crippen molar-refractivity contribution in [3.8, 4) is 0 Å². The lowest BCUT2D eigenvalue weighted by molar-refractivity contribution is -0.120. The summed E-state index contributed by atoms with van der Waals surface area (Å²) in [4.78, 5) is 32.4. The third-order valence-corrected chi connectivity index (χ3v) is 6.54. The number of carbonyl (C=O) groups excluding carboxylic acids is 1. The van der Waals surface area contributed by atoms with E-state index in [9.17, 15) is 9.59 Å². The van der Waals surface area contributed by atoms with E-state index in [-0.39, 0.29) is 17.4 Å². The van der Waals surface area contributed by atoms with Crippen LogP contribution in [0.2, 0.25) is 0 Å². The number of piperidine rings is 1. The number of fused-ring (bicyclic) bond motifs is 1. The Labute approximate surface area is 179 Å². The molecule has 7 nitrogen and oxygen atoms in total. The number of carbonyl (C=O) groups is 1. The van der Waals surface area contributed by atoms with E-state index < -0.39 is 0 Å². The quantitative estimate of drug-likeness (QED) is 0.676. The van der Waals surface area contributed by atoms with Crippen molar-refractivity contribution in [2.24, 2.45) is 5.92 Å².